The summed E-state index contributed by atoms with van der Waals surface area (Å²) in [5.74, 6) is 0.890. The number of pyridine rings is 1. The van der Waals surface area contributed by atoms with E-state index in [9.17, 15) is 9.59 Å². The van der Waals surface area contributed by atoms with Crippen molar-refractivity contribution in [3.63, 3.8) is 0 Å². The maximum absolute atomic E-state index is 13.0. The zero-order chi connectivity index (χ0) is 18.8. The Morgan fingerprint density at radius 2 is 2.00 bits per heavy atom. The molecule has 3 heterocycles. The summed E-state index contributed by atoms with van der Waals surface area (Å²) in [6, 6.07) is 5.21. The van der Waals surface area contributed by atoms with Gasteiger partial charge < -0.3 is 14.3 Å². The van der Waals surface area contributed by atoms with Crippen molar-refractivity contribution in [1.82, 2.24) is 19.9 Å². The predicted octanol–water partition coefficient (Wildman–Crippen LogP) is 2.49. The van der Waals surface area contributed by atoms with Gasteiger partial charge in [0.15, 0.2) is 5.76 Å². The summed E-state index contributed by atoms with van der Waals surface area (Å²) in [4.78, 5) is 33.0. The van der Waals surface area contributed by atoms with Crippen molar-refractivity contribution >= 4 is 11.8 Å². The average Bonchev–Trinajstić information content (AvgIpc) is 3.46. The van der Waals surface area contributed by atoms with Crippen LogP contribution in [0.4, 0.5) is 0 Å². The van der Waals surface area contributed by atoms with Gasteiger partial charge in [-0.25, -0.2) is 0 Å². The van der Waals surface area contributed by atoms with Gasteiger partial charge in [-0.1, -0.05) is 5.16 Å². The van der Waals surface area contributed by atoms with Crippen LogP contribution in [0.25, 0.3) is 11.3 Å². The first-order valence-corrected chi connectivity index (χ1v) is 9.55. The van der Waals surface area contributed by atoms with E-state index in [0.29, 0.717) is 18.8 Å². The van der Waals surface area contributed by atoms with Crippen molar-refractivity contribution < 1.29 is 14.1 Å². The van der Waals surface area contributed by atoms with E-state index in [1.165, 1.54) is 0 Å². The highest BCUT2D eigenvalue weighted by Crippen LogP contribution is 2.33. The summed E-state index contributed by atoms with van der Waals surface area (Å²) >= 11 is 0. The molecule has 0 N–H and O–H groups in total. The molecule has 2 amide bonds. The Bertz CT molecular complexity index is 816. The van der Waals surface area contributed by atoms with E-state index in [2.05, 4.69) is 10.1 Å². The predicted molar refractivity (Wildman–Crippen MR) is 98.3 cm³/mol. The molecule has 1 atom stereocenters. The first-order valence-electron chi connectivity index (χ1n) is 9.55. The maximum atomic E-state index is 13.0. The smallest absolute Gasteiger partial charge is 0.245 e. The van der Waals surface area contributed by atoms with Crippen LogP contribution in [-0.2, 0) is 16.1 Å². The van der Waals surface area contributed by atoms with Crippen LogP contribution in [-0.4, -0.2) is 51.4 Å². The molecule has 7 heteroatoms. The number of aromatic nitrogens is 2. The van der Waals surface area contributed by atoms with E-state index in [4.69, 9.17) is 4.52 Å². The molecule has 2 aromatic heterocycles. The van der Waals surface area contributed by atoms with Gasteiger partial charge in [0.2, 0.25) is 11.8 Å². The molecule has 2 aliphatic rings. The molecule has 142 valence electrons. The van der Waals surface area contributed by atoms with E-state index >= 15 is 0 Å². The average molecular weight is 368 g/mol. The van der Waals surface area contributed by atoms with Crippen LogP contribution >= 0.6 is 0 Å². The summed E-state index contributed by atoms with van der Waals surface area (Å²) in [5.41, 5.74) is 1.64. The van der Waals surface area contributed by atoms with Crippen molar-refractivity contribution in [3.05, 3.63) is 36.4 Å². The fourth-order valence-corrected chi connectivity index (χ4v) is 3.63. The molecule has 2 aromatic rings. The molecule has 1 aliphatic heterocycles. The second kappa shape index (κ2) is 7.50. The van der Waals surface area contributed by atoms with Gasteiger partial charge in [0.05, 0.1) is 6.54 Å². The molecule has 1 aliphatic carbocycles. The van der Waals surface area contributed by atoms with Crippen LogP contribution in [0.2, 0.25) is 0 Å². The molecule has 0 spiro atoms. The number of carbonyl (C=O) groups excluding carboxylic acids is 2. The number of amides is 2. The normalized spacial score (nSPS) is 19.7. The molecular weight excluding hydrogens is 344 g/mol. The quantitative estimate of drug-likeness (QED) is 0.810. The second-order valence-electron chi connectivity index (χ2n) is 7.43. The Balaban J connectivity index is 1.42. The van der Waals surface area contributed by atoms with Crippen LogP contribution in [0.3, 0.4) is 0 Å². The number of hydrogen-bond donors (Lipinski definition) is 0. The zero-order valence-electron chi connectivity index (χ0n) is 15.5. The van der Waals surface area contributed by atoms with Gasteiger partial charge >= 0.3 is 0 Å². The molecule has 27 heavy (non-hydrogen) atoms. The van der Waals surface area contributed by atoms with Gasteiger partial charge in [-0.15, -0.1) is 0 Å². The lowest BCUT2D eigenvalue weighted by atomic mass is 10.00. The lowest BCUT2D eigenvalue weighted by molar-refractivity contribution is -0.148. The van der Waals surface area contributed by atoms with Crippen molar-refractivity contribution in [3.8, 4) is 11.3 Å². The van der Waals surface area contributed by atoms with E-state index in [1.807, 2.05) is 23.1 Å². The van der Waals surface area contributed by atoms with E-state index in [-0.39, 0.29) is 23.8 Å². The van der Waals surface area contributed by atoms with Crippen molar-refractivity contribution in [2.45, 2.75) is 44.7 Å². The van der Waals surface area contributed by atoms with Gasteiger partial charge in [0.25, 0.3) is 0 Å². The summed E-state index contributed by atoms with van der Waals surface area (Å²) in [7, 11) is 1.76. The summed E-state index contributed by atoms with van der Waals surface area (Å²) in [6.45, 7) is 1.02. The maximum Gasteiger partial charge on any atom is 0.245 e. The molecule has 1 unspecified atom stereocenters. The Labute approximate surface area is 158 Å². The highest BCUT2D eigenvalue weighted by Gasteiger charge is 2.40. The molecule has 0 bridgehead atoms. The highest BCUT2D eigenvalue weighted by atomic mass is 16.5. The molecule has 0 radical (unpaired) electrons. The third kappa shape index (κ3) is 3.86. The SMILES string of the molecule is CN(Cc1cc(-c2ccncc2)no1)C(=O)C1CCCCN1C(=O)C1CC1. The Kier molecular flexibility index (Phi) is 4.92. The van der Waals surface area contributed by atoms with Gasteiger partial charge in [-0.2, -0.15) is 0 Å². The molecule has 4 rings (SSSR count). The molecule has 0 aromatic carbocycles. The van der Waals surface area contributed by atoms with Gasteiger partial charge in [-0.3, -0.25) is 14.6 Å². The minimum atomic E-state index is -0.348. The fraction of sp³-hybridized carbons (Fsp3) is 0.500. The molecule has 7 nitrogen and oxygen atoms in total. The number of carbonyl (C=O) groups is 2. The monoisotopic (exact) mass is 368 g/mol. The van der Waals surface area contributed by atoms with E-state index in [1.54, 1.807) is 24.3 Å². The zero-order valence-corrected chi connectivity index (χ0v) is 15.5. The standard InChI is InChI=1S/C20H24N4O3/c1-23(13-16-12-17(22-27-16)14-7-9-21-10-8-14)20(26)18-4-2-3-11-24(18)19(25)15-5-6-15/h7-10,12,15,18H,2-6,11,13H2,1H3. The Hall–Kier alpha value is -2.70. The van der Waals surface area contributed by atoms with Gasteiger partial charge in [-0.05, 0) is 44.2 Å². The molecule has 1 saturated heterocycles. The summed E-state index contributed by atoms with van der Waals surface area (Å²) in [5, 5.41) is 4.08. The topological polar surface area (TPSA) is 79.5 Å². The Morgan fingerprint density at radius 1 is 1.22 bits per heavy atom. The second-order valence-corrected chi connectivity index (χ2v) is 7.43. The van der Waals surface area contributed by atoms with Crippen LogP contribution in [0.1, 0.15) is 37.9 Å². The van der Waals surface area contributed by atoms with Gasteiger partial charge in [0.1, 0.15) is 11.7 Å². The Morgan fingerprint density at radius 3 is 2.74 bits per heavy atom. The van der Waals surface area contributed by atoms with Crippen LogP contribution in [0.15, 0.2) is 35.1 Å². The fourth-order valence-electron chi connectivity index (χ4n) is 3.63. The van der Waals surface area contributed by atoms with Crippen molar-refractivity contribution in [2.75, 3.05) is 13.6 Å². The van der Waals surface area contributed by atoms with E-state index < -0.39 is 0 Å². The number of nitrogens with zero attached hydrogens (tertiary/aromatic N) is 4. The van der Waals surface area contributed by atoms with Crippen LogP contribution in [0, 0.1) is 5.92 Å². The summed E-state index contributed by atoms with van der Waals surface area (Å²) < 4.78 is 5.40. The highest BCUT2D eigenvalue weighted by molar-refractivity contribution is 5.89. The molecule has 1 saturated carbocycles. The number of piperidine rings is 1. The molecule has 2 fully saturated rings. The van der Waals surface area contributed by atoms with E-state index in [0.717, 1.165) is 43.4 Å². The minimum absolute atomic E-state index is 0.0226. The summed E-state index contributed by atoms with van der Waals surface area (Å²) in [6.07, 6.45) is 8.02. The largest absolute Gasteiger partial charge is 0.359 e. The third-order valence-electron chi connectivity index (χ3n) is 5.30. The number of hydrogen-bond acceptors (Lipinski definition) is 5. The van der Waals surface area contributed by atoms with Crippen molar-refractivity contribution in [2.24, 2.45) is 5.92 Å². The minimum Gasteiger partial charge on any atom is -0.359 e. The molecular formula is C20H24N4O3. The number of rotatable bonds is 5. The van der Waals surface area contributed by atoms with Crippen LogP contribution in [0.5, 0.6) is 0 Å². The number of likely N-dealkylation sites (tertiary alicyclic amines) is 1. The van der Waals surface area contributed by atoms with Gasteiger partial charge in [0, 0.05) is 43.5 Å². The first-order chi connectivity index (χ1) is 13.1. The number of likely N-dealkylation sites (N-methyl/N-ethyl adjacent to an activating group) is 1. The van der Waals surface area contributed by atoms with Crippen LogP contribution < -0.4 is 0 Å². The first kappa shape index (κ1) is 17.7. The van der Waals surface area contributed by atoms with Crippen molar-refractivity contribution in [1.29, 1.82) is 0 Å². The third-order valence-corrected chi connectivity index (χ3v) is 5.30. The lowest BCUT2D eigenvalue weighted by Gasteiger charge is -2.36. The lowest BCUT2D eigenvalue weighted by Crippen LogP contribution is -2.52.